The average Bonchev–Trinajstić information content (AvgIpc) is 3.23. The molecule has 2 heterocycles. The van der Waals surface area contributed by atoms with Crippen molar-refractivity contribution >= 4 is 33.8 Å². The lowest BCUT2D eigenvalue weighted by molar-refractivity contribution is -0.382. The van der Waals surface area contributed by atoms with Gasteiger partial charge in [0.05, 0.1) is 17.2 Å². The van der Waals surface area contributed by atoms with Gasteiger partial charge in [0.25, 0.3) is 0 Å². The molecule has 1 saturated heterocycles. The lowest BCUT2D eigenvalue weighted by Gasteiger charge is -2.37. The number of hydrogen-bond donors (Lipinski definition) is 1. The average molecular weight is 416 g/mol. The number of aromatic nitrogens is 2. The highest BCUT2D eigenvalue weighted by Gasteiger charge is 2.30. The minimum absolute atomic E-state index is 0.0817. The number of nitrogens with zero attached hydrogens (tertiary/aromatic N) is 6. The van der Waals surface area contributed by atoms with Crippen molar-refractivity contribution < 1.29 is 19.0 Å². The van der Waals surface area contributed by atoms with Crippen molar-refractivity contribution in [1.29, 1.82) is 0 Å². The monoisotopic (exact) mass is 416 g/mol. The van der Waals surface area contributed by atoms with Crippen LogP contribution in [0.5, 0.6) is 0 Å². The third-order valence-electron chi connectivity index (χ3n) is 5.31. The van der Waals surface area contributed by atoms with Gasteiger partial charge in [-0.15, -0.1) is 0 Å². The molecule has 1 aliphatic rings. The second kappa shape index (κ2) is 8.11. The third kappa shape index (κ3) is 3.59. The summed E-state index contributed by atoms with van der Waals surface area (Å²) in [4.78, 5) is 17.0. The first-order valence-corrected chi connectivity index (χ1v) is 9.50. The highest BCUT2D eigenvalue weighted by Crippen LogP contribution is 2.40. The number of likely N-dealkylation sites (N-methyl/N-ethyl adjacent to an activating group) is 1. The molecule has 0 unspecified atom stereocenters. The molecule has 0 spiro atoms. The van der Waals surface area contributed by atoms with Gasteiger partial charge in [-0.25, -0.2) is 9.02 Å². The SMILES string of the molecule is CN(CCO)c1cc(N2CCN(c3ccc(F)cc3)CC2)c2nonc2c1[N+](=O)[O-]. The standard InChI is InChI=1S/C19H21FN6O4/c1-23(10-11-27)16-12-15(17-18(22-30-21-17)19(16)26(28)29)25-8-6-24(7-9-25)14-4-2-13(20)3-5-14/h2-5,12,27H,6-11H2,1H3. The number of anilines is 3. The van der Waals surface area contributed by atoms with Crippen LogP contribution in [0.3, 0.4) is 0 Å². The molecule has 0 aliphatic carbocycles. The van der Waals surface area contributed by atoms with Gasteiger partial charge in [-0.2, -0.15) is 0 Å². The van der Waals surface area contributed by atoms with E-state index in [4.69, 9.17) is 4.63 Å². The molecular weight excluding hydrogens is 395 g/mol. The smallest absolute Gasteiger partial charge is 0.323 e. The Balaban J connectivity index is 1.66. The largest absolute Gasteiger partial charge is 0.395 e. The Morgan fingerprint density at radius 3 is 2.43 bits per heavy atom. The van der Waals surface area contributed by atoms with E-state index in [0.29, 0.717) is 43.1 Å². The summed E-state index contributed by atoms with van der Waals surface area (Å²) in [6.07, 6.45) is 0. The number of aliphatic hydroxyl groups is 1. The van der Waals surface area contributed by atoms with Crippen LogP contribution in [0.1, 0.15) is 0 Å². The summed E-state index contributed by atoms with van der Waals surface area (Å²) in [5.41, 5.74) is 2.19. The fourth-order valence-corrected chi connectivity index (χ4v) is 3.74. The lowest BCUT2D eigenvalue weighted by atomic mass is 10.1. The third-order valence-corrected chi connectivity index (χ3v) is 5.31. The molecule has 0 bridgehead atoms. The van der Waals surface area contributed by atoms with E-state index in [9.17, 15) is 19.6 Å². The number of rotatable bonds is 6. The van der Waals surface area contributed by atoms with Crippen molar-refractivity contribution in [3.63, 3.8) is 0 Å². The molecule has 3 aromatic rings. The van der Waals surface area contributed by atoms with Crippen molar-refractivity contribution in [3.05, 3.63) is 46.3 Å². The van der Waals surface area contributed by atoms with Gasteiger partial charge < -0.3 is 19.8 Å². The fraction of sp³-hybridized carbons (Fsp3) is 0.368. The molecule has 4 rings (SSSR count). The van der Waals surface area contributed by atoms with Crippen LogP contribution in [0.4, 0.5) is 27.1 Å². The number of nitro groups is 1. The minimum Gasteiger partial charge on any atom is -0.395 e. The molecule has 0 atom stereocenters. The van der Waals surface area contributed by atoms with E-state index in [1.807, 2.05) is 0 Å². The van der Waals surface area contributed by atoms with Crippen LogP contribution in [-0.2, 0) is 0 Å². The van der Waals surface area contributed by atoms with Crippen LogP contribution in [0.2, 0.25) is 0 Å². The van der Waals surface area contributed by atoms with Gasteiger partial charge in [0.1, 0.15) is 11.5 Å². The maximum absolute atomic E-state index is 13.2. The van der Waals surface area contributed by atoms with Crippen molar-refractivity contribution in [2.24, 2.45) is 0 Å². The molecule has 1 aromatic heterocycles. The Morgan fingerprint density at radius 2 is 1.80 bits per heavy atom. The van der Waals surface area contributed by atoms with E-state index in [1.54, 1.807) is 30.1 Å². The Morgan fingerprint density at radius 1 is 1.17 bits per heavy atom. The molecule has 1 aliphatic heterocycles. The molecule has 11 heteroatoms. The predicted octanol–water partition coefficient (Wildman–Crippen LogP) is 2.03. The minimum atomic E-state index is -0.508. The molecule has 158 valence electrons. The Hall–Kier alpha value is -3.47. The van der Waals surface area contributed by atoms with Gasteiger partial charge in [0.2, 0.25) is 5.52 Å². The van der Waals surface area contributed by atoms with Crippen molar-refractivity contribution in [2.75, 3.05) is 61.1 Å². The quantitative estimate of drug-likeness (QED) is 0.476. The van der Waals surface area contributed by atoms with Crippen molar-refractivity contribution in [1.82, 2.24) is 10.3 Å². The zero-order chi connectivity index (χ0) is 21.3. The molecule has 30 heavy (non-hydrogen) atoms. The van der Waals surface area contributed by atoms with E-state index in [1.165, 1.54) is 12.1 Å². The number of nitro benzene ring substituents is 1. The van der Waals surface area contributed by atoms with E-state index >= 15 is 0 Å². The van der Waals surface area contributed by atoms with E-state index < -0.39 is 4.92 Å². The van der Waals surface area contributed by atoms with Gasteiger partial charge >= 0.3 is 5.69 Å². The van der Waals surface area contributed by atoms with E-state index in [0.717, 1.165) is 5.69 Å². The first-order chi connectivity index (χ1) is 14.5. The molecule has 1 N–H and O–H groups in total. The van der Waals surface area contributed by atoms with Crippen LogP contribution < -0.4 is 14.7 Å². The Labute approximate surface area is 171 Å². The molecular formula is C19H21FN6O4. The summed E-state index contributed by atoms with van der Waals surface area (Å²) in [5.74, 6) is -0.274. The molecule has 1 fully saturated rings. The predicted molar refractivity (Wildman–Crippen MR) is 110 cm³/mol. The number of fused-ring (bicyclic) bond motifs is 1. The maximum Gasteiger partial charge on any atom is 0.323 e. The van der Waals surface area contributed by atoms with E-state index in [-0.39, 0.29) is 30.2 Å². The molecule has 0 saturated carbocycles. The van der Waals surface area contributed by atoms with Crippen LogP contribution in [0, 0.1) is 15.9 Å². The fourth-order valence-electron chi connectivity index (χ4n) is 3.74. The zero-order valence-electron chi connectivity index (χ0n) is 16.4. The molecule has 10 nitrogen and oxygen atoms in total. The second-order valence-electron chi connectivity index (χ2n) is 7.08. The number of benzene rings is 2. The number of aliphatic hydroxyl groups excluding tert-OH is 1. The first-order valence-electron chi connectivity index (χ1n) is 9.50. The number of hydrogen-bond acceptors (Lipinski definition) is 9. The summed E-state index contributed by atoms with van der Waals surface area (Å²) in [7, 11) is 1.67. The van der Waals surface area contributed by atoms with Gasteiger partial charge in [0.15, 0.2) is 5.52 Å². The summed E-state index contributed by atoms with van der Waals surface area (Å²) >= 11 is 0. The molecule has 2 aromatic carbocycles. The van der Waals surface area contributed by atoms with Gasteiger partial charge in [-0.05, 0) is 40.6 Å². The Bertz CT molecular complexity index is 1050. The van der Waals surface area contributed by atoms with Gasteiger partial charge in [0, 0.05) is 45.5 Å². The van der Waals surface area contributed by atoms with Crippen LogP contribution >= 0.6 is 0 Å². The topological polar surface area (TPSA) is 112 Å². The molecule has 0 amide bonds. The highest BCUT2D eigenvalue weighted by molar-refractivity contribution is 6.00. The summed E-state index contributed by atoms with van der Waals surface area (Å²) in [6, 6.07) is 8.07. The number of halogens is 1. The summed E-state index contributed by atoms with van der Waals surface area (Å²) in [5, 5.41) is 28.7. The highest BCUT2D eigenvalue weighted by atomic mass is 19.1. The van der Waals surface area contributed by atoms with Crippen LogP contribution in [0.25, 0.3) is 11.0 Å². The zero-order valence-corrected chi connectivity index (χ0v) is 16.4. The van der Waals surface area contributed by atoms with Crippen LogP contribution in [-0.4, -0.2) is 66.7 Å². The normalized spacial score (nSPS) is 14.4. The molecule has 0 radical (unpaired) electrons. The first kappa shape index (κ1) is 19.8. The summed E-state index contributed by atoms with van der Waals surface area (Å²) < 4.78 is 18.0. The maximum atomic E-state index is 13.2. The Kier molecular flexibility index (Phi) is 5.36. The van der Waals surface area contributed by atoms with Crippen molar-refractivity contribution in [3.8, 4) is 0 Å². The van der Waals surface area contributed by atoms with Crippen LogP contribution in [0.15, 0.2) is 35.0 Å². The van der Waals surface area contributed by atoms with Crippen molar-refractivity contribution in [2.45, 2.75) is 0 Å². The summed E-state index contributed by atoms with van der Waals surface area (Å²) in [6.45, 7) is 2.75. The number of piperazine rings is 1. The lowest BCUT2D eigenvalue weighted by Crippen LogP contribution is -2.46. The van der Waals surface area contributed by atoms with Gasteiger partial charge in [-0.1, -0.05) is 0 Å². The van der Waals surface area contributed by atoms with E-state index in [2.05, 4.69) is 20.1 Å². The van der Waals surface area contributed by atoms with Gasteiger partial charge in [-0.3, -0.25) is 10.1 Å². The second-order valence-corrected chi connectivity index (χ2v) is 7.08.